The van der Waals surface area contributed by atoms with E-state index in [1.54, 1.807) is 12.3 Å². The third-order valence-corrected chi connectivity index (χ3v) is 2.17. The summed E-state index contributed by atoms with van der Waals surface area (Å²) >= 11 is 3.29. The summed E-state index contributed by atoms with van der Waals surface area (Å²) in [5.41, 5.74) is 1.01. The van der Waals surface area contributed by atoms with Crippen molar-refractivity contribution in [3.05, 3.63) is 39.5 Å². The molecule has 0 aliphatic carbocycles. The van der Waals surface area contributed by atoms with Crippen LogP contribution in [-0.4, -0.2) is 20.2 Å². The first kappa shape index (κ1) is 9.01. The maximum atomic E-state index is 10.8. The highest BCUT2D eigenvalue weighted by molar-refractivity contribution is 9.10. The van der Waals surface area contributed by atoms with Gasteiger partial charge in [0.2, 0.25) is 0 Å². The van der Waals surface area contributed by atoms with E-state index in [9.17, 15) is 4.79 Å². The highest BCUT2D eigenvalue weighted by Crippen LogP contribution is 2.21. The largest absolute Gasteiger partial charge is 0.268 e. The second-order valence-corrected chi connectivity index (χ2v) is 3.38. The molecule has 0 unspecified atom stereocenters. The van der Waals surface area contributed by atoms with Crippen LogP contribution in [0.2, 0.25) is 0 Å². The van der Waals surface area contributed by atoms with Gasteiger partial charge in [-0.05, 0) is 22.0 Å². The van der Waals surface area contributed by atoms with E-state index in [4.69, 9.17) is 0 Å². The summed E-state index contributed by atoms with van der Waals surface area (Å²) in [4.78, 5) is 18.6. The number of aromatic nitrogens is 4. The summed E-state index contributed by atoms with van der Waals surface area (Å²) < 4.78 is 0.736. The van der Waals surface area contributed by atoms with Gasteiger partial charge in [-0.2, -0.15) is 5.10 Å². The summed E-state index contributed by atoms with van der Waals surface area (Å²) in [6.07, 6.45) is 3.04. The lowest BCUT2D eigenvalue weighted by Crippen LogP contribution is -2.06. The van der Waals surface area contributed by atoms with Gasteiger partial charge in [-0.15, -0.1) is 0 Å². The Morgan fingerprint density at radius 1 is 1.36 bits per heavy atom. The quantitative estimate of drug-likeness (QED) is 0.822. The molecule has 2 aromatic heterocycles. The van der Waals surface area contributed by atoms with Gasteiger partial charge in [0.1, 0.15) is 17.7 Å². The Hall–Kier alpha value is -1.56. The number of nitrogens with zero attached hydrogens (tertiary/aromatic N) is 3. The molecule has 2 aromatic rings. The molecule has 0 aromatic carbocycles. The average molecular weight is 253 g/mol. The van der Waals surface area contributed by atoms with Crippen molar-refractivity contribution < 1.29 is 0 Å². The smallest absolute Gasteiger partial charge is 0.264 e. The van der Waals surface area contributed by atoms with Crippen LogP contribution >= 0.6 is 15.9 Å². The normalized spacial score (nSPS) is 10.1. The lowest BCUT2D eigenvalue weighted by Gasteiger charge is -1.99. The molecule has 0 saturated heterocycles. The zero-order valence-electron chi connectivity index (χ0n) is 6.94. The van der Waals surface area contributed by atoms with Crippen LogP contribution in [-0.2, 0) is 0 Å². The van der Waals surface area contributed by atoms with Crippen molar-refractivity contribution >= 4 is 15.9 Å². The van der Waals surface area contributed by atoms with Gasteiger partial charge in [-0.3, -0.25) is 4.79 Å². The predicted molar refractivity (Wildman–Crippen MR) is 53.6 cm³/mol. The Balaban J connectivity index is 2.55. The Morgan fingerprint density at radius 3 is 2.86 bits per heavy atom. The Bertz CT molecular complexity index is 490. The number of H-pyrrole nitrogens is 1. The molecular weight excluding hydrogens is 248 g/mol. The molecule has 2 rings (SSSR count). The number of hydrogen-bond acceptors (Lipinski definition) is 4. The molecule has 0 fully saturated rings. The van der Waals surface area contributed by atoms with E-state index in [1.165, 1.54) is 12.4 Å². The minimum atomic E-state index is -0.237. The number of hydrogen-bond donors (Lipinski definition) is 1. The standard InChI is InChI=1S/C8H5BrN4O/c9-5-3-10-4-11-8(5)6-1-2-7(14)13-12-6/h1-4H,(H,13,14). The molecule has 1 N–H and O–H groups in total. The number of nitrogens with one attached hydrogen (secondary N) is 1. The van der Waals surface area contributed by atoms with Crippen LogP contribution in [0.3, 0.4) is 0 Å². The molecule has 0 aliphatic heterocycles. The SMILES string of the molecule is O=c1ccc(-c2ncncc2Br)n[nH]1. The van der Waals surface area contributed by atoms with E-state index in [2.05, 4.69) is 36.1 Å². The van der Waals surface area contributed by atoms with Crippen LogP contribution in [0.25, 0.3) is 11.4 Å². The lowest BCUT2D eigenvalue weighted by molar-refractivity contribution is 0.983. The van der Waals surface area contributed by atoms with E-state index in [-0.39, 0.29) is 5.56 Å². The summed E-state index contributed by atoms with van der Waals surface area (Å²) in [5, 5.41) is 6.19. The van der Waals surface area contributed by atoms with Gasteiger partial charge in [0.25, 0.3) is 5.56 Å². The molecule has 70 valence electrons. The fourth-order valence-corrected chi connectivity index (χ4v) is 1.40. The van der Waals surface area contributed by atoms with E-state index in [1.807, 2.05) is 0 Å². The summed E-state index contributed by atoms with van der Waals surface area (Å²) in [6, 6.07) is 3.00. The molecule has 0 aliphatic rings. The number of aromatic amines is 1. The van der Waals surface area contributed by atoms with E-state index in [0.29, 0.717) is 11.4 Å². The topological polar surface area (TPSA) is 71.5 Å². The molecular formula is C8H5BrN4O. The van der Waals surface area contributed by atoms with Crippen LogP contribution in [0, 0.1) is 0 Å². The zero-order valence-corrected chi connectivity index (χ0v) is 8.52. The van der Waals surface area contributed by atoms with Gasteiger partial charge < -0.3 is 0 Å². The van der Waals surface area contributed by atoms with Crippen LogP contribution in [0.15, 0.2) is 33.9 Å². The van der Waals surface area contributed by atoms with Crippen molar-refractivity contribution in [2.24, 2.45) is 0 Å². The van der Waals surface area contributed by atoms with Gasteiger partial charge in [-0.25, -0.2) is 15.1 Å². The monoisotopic (exact) mass is 252 g/mol. The maximum absolute atomic E-state index is 10.8. The third kappa shape index (κ3) is 1.69. The van der Waals surface area contributed by atoms with Crippen LogP contribution in [0.1, 0.15) is 0 Å². The van der Waals surface area contributed by atoms with E-state index < -0.39 is 0 Å². The second kappa shape index (κ2) is 3.67. The highest BCUT2D eigenvalue weighted by Gasteiger charge is 2.05. The van der Waals surface area contributed by atoms with Crippen molar-refractivity contribution in [1.82, 2.24) is 20.2 Å². The van der Waals surface area contributed by atoms with Crippen LogP contribution in [0.5, 0.6) is 0 Å². The second-order valence-electron chi connectivity index (χ2n) is 2.53. The van der Waals surface area contributed by atoms with Crippen molar-refractivity contribution in [2.45, 2.75) is 0 Å². The molecule has 0 spiro atoms. The van der Waals surface area contributed by atoms with Gasteiger partial charge >= 0.3 is 0 Å². The molecule has 0 bridgehead atoms. The molecule has 0 amide bonds. The number of halogens is 1. The Kier molecular flexibility index (Phi) is 2.36. The van der Waals surface area contributed by atoms with Gasteiger partial charge in [0.05, 0.1) is 4.47 Å². The third-order valence-electron chi connectivity index (χ3n) is 1.59. The molecule has 14 heavy (non-hydrogen) atoms. The average Bonchev–Trinajstić information content (AvgIpc) is 2.20. The van der Waals surface area contributed by atoms with Crippen molar-refractivity contribution in [2.75, 3.05) is 0 Å². The number of rotatable bonds is 1. The molecule has 0 atom stereocenters. The van der Waals surface area contributed by atoms with Crippen molar-refractivity contribution in [3.63, 3.8) is 0 Å². The van der Waals surface area contributed by atoms with Gasteiger partial charge in [-0.1, -0.05) is 0 Å². The van der Waals surface area contributed by atoms with E-state index in [0.717, 1.165) is 4.47 Å². The van der Waals surface area contributed by atoms with Crippen LogP contribution in [0.4, 0.5) is 0 Å². The summed E-state index contributed by atoms with van der Waals surface area (Å²) in [5.74, 6) is 0. The first-order valence-corrected chi connectivity index (χ1v) is 4.58. The summed E-state index contributed by atoms with van der Waals surface area (Å²) in [7, 11) is 0. The molecule has 2 heterocycles. The minimum absolute atomic E-state index is 0.237. The molecule has 0 saturated carbocycles. The predicted octanol–water partition coefficient (Wildman–Crippen LogP) is 0.989. The first-order valence-electron chi connectivity index (χ1n) is 3.79. The summed E-state index contributed by atoms with van der Waals surface area (Å²) in [6.45, 7) is 0. The zero-order chi connectivity index (χ0) is 9.97. The van der Waals surface area contributed by atoms with Crippen LogP contribution < -0.4 is 5.56 Å². The Morgan fingerprint density at radius 2 is 2.21 bits per heavy atom. The van der Waals surface area contributed by atoms with E-state index >= 15 is 0 Å². The van der Waals surface area contributed by atoms with Gasteiger partial charge in [0, 0.05) is 12.3 Å². The molecule has 0 radical (unpaired) electrons. The minimum Gasteiger partial charge on any atom is -0.268 e. The lowest BCUT2D eigenvalue weighted by atomic mass is 10.3. The fraction of sp³-hybridized carbons (Fsp3) is 0. The first-order chi connectivity index (χ1) is 6.77. The fourth-order valence-electron chi connectivity index (χ4n) is 0.977. The van der Waals surface area contributed by atoms with Crippen molar-refractivity contribution in [1.29, 1.82) is 0 Å². The molecule has 6 heteroatoms. The van der Waals surface area contributed by atoms with Crippen molar-refractivity contribution in [3.8, 4) is 11.4 Å². The van der Waals surface area contributed by atoms with Gasteiger partial charge in [0.15, 0.2) is 0 Å². The maximum Gasteiger partial charge on any atom is 0.264 e. The highest BCUT2D eigenvalue weighted by atomic mass is 79.9. The Labute approximate surface area is 87.4 Å². The molecule has 5 nitrogen and oxygen atoms in total.